The molecule has 1 saturated heterocycles. The average Bonchev–Trinajstić information content (AvgIpc) is 2.64. The highest BCUT2D eigenvalue weighted by atomic mass is 19.3. The third kappa shape index (κ3) is 4.79. The molecular weight excluding hydrogens is 336 g/mol. The van der Waals surface area contributed by atoms with Crippen LogP contribution in [0.5, 0.6) is 0 Å². The van der Waals surface area contributed by atoms with Crippen molar-refractivity contribution in [2.45, 2.75) is 50.6 Å². The number of halogens is 2. The van der Waals surface area contributed by atoms with Crippen molar-refractivity contribution >= 4 is 5.91 Å². The van der Waals surface area contributed by atoms with Crippen LogP contribution in [-0.4, -0.2) is 47.3 Å². The first kappa shape index (κ1) is 18.8. The van der Waals surface area contributed by atoms with Crippen LogP contribution in [0.25, 0.3) is 0 Å². The quantitative estimate of drug-likeness (QED) is 0.825. The minimum atomic E-state index is -2.56. The van der Waals surface area contributed by atoms with Crippen molar-refractivity contribution in [1.29, 1.82) is 5.26 Å². The van der Waals surface area contributed by atoms with Crippen LogP contribution >= 0.6 is 0 Å². The fourth-order valence-electron chi connectivity index (χ4n) is 3.86. The lowest BCUT2D eigenvalue weighted by atomic mass is 9.84. The molecule has 0 N–H and O–H groups in total. The van der Waals surface area contributed by atoms with Crippen molar-refractivity contribution in [3.8, 4) is 6.07 Å². The van der Waals surface area contributed by atoms with Crippen molar-refractivity contribution in [1.82, 2.24) is 9.80 Å². The summed E-state index contributed by atoms with van der Waals surface area (Å²) < 4.78 is 26.5. The molecule has 1 aromatic rings. The summed E-state index contributed by atoms with van der Waals surface area (Å²) in [5.74, 6) is -2.51. The summed E-state index contributed by atoms with van der Waals surface area (Å²) in [6.45, 7) is 2.33. The molecule has 2 aliphatic rings. The summed E-state index contributed by atoms with van der Waals surface area (Å²) >= 11 is 0. The molecule has 2 fully saturated rings. The van der Waals surface area contributed by atoms with E-state index in [1.807, 2.05) is 30.3 Å². The van der Waals surface area contributed by atoms with Gasteiger partial charge in [0, 0.05) is 45.4 Å². The van der Waals surface area contributed by atoms with Gasteiger partial charge in [0.15, 0.2) is 0 Å². The lowest BCUT2D eigenvalue weighted by Crippen LogP contribution is -2.54. The highest BCUT2D eigenvalue weighted by Gasteiger charge is 2.37. The fraction of sp³-hybridized carbons (Fsp3) is 0.600. The molecule has 6 heteroatoms. The van der Waals surface area contributed by atoms with Crippen molar-refractivity contribution in [2.75, 3.05) is 19.6 Å². The van der Waals surface area contributed by atoms with Crippen LogP contribution < -0.4 is 0 Å². The number of nitrogens with zero attached hydrogens (tertiary/aromatic N) is 3. The highest BCUT2D eigenvalue weighted by Crippen LogP contribution is 2.37. The van der Waals surface area contributed by atoms with Crippen LogP contribution in [0.1, 0.15) is 37.7 Å². The monoisotopic (exact) mass is 361 g/mol. The summed E-state index contributed by atoms with van der Waals surface area (Å²) in [6.07, 6.45) is 0.920. The van der Waals surface area contributed by atoms with Crippen LogP contribution in [0.4, 0.5) is 8.78 Å². The predicted molar refractivity (Wildman–Crippen MR) is 94.4 cm³/mol. The summed E-state index contributed by atoms with van der Waals surface area (Å²) in [5.41, 5.74) is 1.15. The molecule has 1 amide bonds. The molecule has 1 aromatic carbocycles. The van der Waals surface area contributed by atoms with Gasteiger partial charge in [-0.2, -0.15) is 5.26 Å². The van der Waals surface area contributed by atoms with Crippen molar-refractivity contribution in [2.24, 2.45) is 5.92 Å². The van der Waals surface area contributed by atoms with Gasteiger partial charge in [-0.3, -0.25) is 9.69 Å². The van der Waals surface area contributed by atoms with Gasteiger partial charge in [-0.05, 0) is 24.3 Å². The van der Waals surface area contributed by atoms with Gasteiger partial charge in [0.2, 0.25) is 11.8 Å². The minimum absolute atomic E-state index is 0.000160. The van der Waals surface area contributed by atoms with Gasteiger partial charge in [-0.15, -0.1) is 0 Å². The molecule has 140 valence electrons. The first-order chi connectivity index (χ1) is 12.5. The number of rotatable bonds is 4. The molecule has 3 rings (SSSR count). The zero-order chi connectivity index (χ0) is 18.6. The van der Waals surface area contributed by atoms with Crippen LogP contribution in [0.3, 0.4) is 0 Å². The smallest absolute Gasteiger partial charge is 0.248 e. The van der Waals surface area contributed by atoms with Crippen LogP contribution in [-0.2, 0) is 11.3 Å². The standard InChI is InChI=1S/C20H25F2N3O/c21-20(22)8-6-16(7-9-20)12-19(26)25-11-10-24(18(13-23)15-25)14-17-4-2-1-3-5-17/h1-5,16,18H,6-12,14-15H2. The zero-order valence-corrected chi connectivity index (χ0v) is 14.9. The van der Waals surface area contributed by atoms with Gasteiger partial charge >= 0.3 is 0 Å². The Bertz CT molecular complexity index is 649. The normalized spacial score (nSPS) is 24.2. The Hall–Kier alpha value is -2.00. The van der Waals surface area contributed by atoms with E-state index >= 15 is 0 Å². The number of alkyl halides is 2. The van der Waals surface area contributed by atoms with Gasteiger partial charge in [0.25, 0.3) is 0 Å². The van der Waals surface area contributed by atoms with E-state index in [1.54, 1.807) is 4.90 Å². The number of nitriles is 1. The number of carbonyl (C=O) groups excluding carboxylic acids is 1. The Morgan fingerprint density at radius 1 is 1.19 bits per heavy atom. The highest BCUT2D eigenvalue weighted by molar-refractivity contribution is 5.76. The maximum absolute atomic E-state index is 13.3. The third-order valence-electron chi connectivity index (χ3n) is 5.52. The van der Waals surface area contributed by atoms with Crippen LogP contribution in [0.15, 0.2) is 30.3 Å². The van der Waals surface area contributed by atoms with Gasteiger partial charge in [-0.25, -0.2) is 8.78 Å². The molecule has 1 aliphatic heterocycles. The Labute approximate surface area is 153 Å². The molecule has 0 spiro atoms. The van der Waals surface area contributed by atoms with Gasteiger partial charge < -0.3 is 4.90 Å². The van der Waals surface area contributed by atoms with Gasteiger partial charge in [0.05, 0.1) is 6.07 Å². The fourth-order valence-corrected chi connectivity index (χ4v) is 3.86. The zero-order valence-electron chi connectivity index (χ0n) is 14.9. The topological polar surface area (TPSA) is 47.3 Å². The second-order valence-electron chi connectivity index (χ2n) is 7.44. The Morgan fingerprint density at radius 3 is 2.54 bits per heavy atom. The largest absolute Gasteiger partial charge is 0.339 e. The molecular formula is C20H25F2N3O. The van der Waals surface area contributed by atoms with Crippen molar-refractivity contribution in [3.05, 3.63) is 35.9 Å². The van der Waals surface area contributed by atoms with E-state index < -0.39 is 5.92 Å². The van der Waals surface area contributed by atoms with E-state index in [2.05, 4.69) is 11.0 Å². The first-order valence-electron chi connectivity index (χ1n) is 9.30. The second-order valence-corrected chi connectivity index (χ2v) is 7.44. The summed E-state index contributed by atoms with van der Waals surface area (Å²) in [6, 6.07) is 12.0. The summed E-state index contributed by atoms with van der Waals surface area (Å²) in [7, 11) is 0. The molecule has 4 nitrogen and oxygen atoms in total. The van der Waals surface area contributed by atoms with Crippen LogP contribution in [0, 0.1) is 17.2 Å². The maximum Gasteiger partial charge on any atom is 0.248 e. The lowest BCUT2D eigenvalue weighted by Gasteiger charge is -2.39. The summed E-state index contributed by atoms with van der Waals surface area (Å²) in [5, 5.41) is 9.51. The Balaban J connectivity index is 1.52. The number of hydrogen-bond donors (Lipinski definition) is 0. The second kappa shape index (κ2) is 8.13. The molecule has 0 radical (unpaired) electrons. The number of benzene rings is 1. The van der Waals surface area contributed by atoms with Gasteiger partial charge in [0.1, 0.15) is 6.04 Å². The van der Waals surface area contributed by atoms with Crippen molar-refractivity contribution in [3.63, 3.8) is 0 Å². The Kier molecular flexibility index (Phi) is 5.87. The number of hydrogen-bond acceptors (Lipinski definition) is 3. The van der Waals surface area contributed by atoms with Crippen molar-refractivity contribution < 1.29 is 13.6 Å². The molecule has 0 aromatic heterocycles. The molecule has 1 saturated carbocycles. The van der Waals surface area contributed by atoms with E-state index in [-0.39, 0.29) is 30.7 Å². The molecule has 1 heterocycles. The van der Waals surface area contributed by atoms with E-state index in [1.165, 1.54) is 0 Å². The van der Waals surface area contributed by atoms with E-state index in [4.69, 9.17) is 0 Å². The maximum atomic E-state index is 13.3. The average molecular weight is 361 g/mol. The molecule has 1 unspecified atom stereocenters. The number of piperazine rings is 1. The SMILES string of the molecule is N#CC1CN(C(=O)CC2CCC(F)(F)CC2)CCN1Cc1ccccc1. The molecule has 26 heavy (non-hydrogen) atoms. The van der Waals surface area contributed by atoms with Crippen LogP contribution in [0.2, 0.25) is 0 Å². The van der Waals surface area contributed by atoms with E-state index in [0.29, 0.717) is 45.4 Å². The van der Waals surface area contributed by atoms with Gasteiger partial charge in [-0.1, -0.05) is 30.3 Å². The number of carbonyl (C=O) groups is 1. The molecule has 1 aliphatic carbocycles. The first-order valence-corrected chi connectivity index (χ1v) is 9.30. The number of amides is 1. The predicted octanol–water partition coefficient (Wildman–Crippen LogP) is 3.44. The minimum Gasteiger partial charge on any atom is -0.339 e. The Morgan fingerprint density at radius 2 is 1.88 bits per heavy atom. The summed E-state index contributed by atoms with van der Waals surface area (Å²) in [4.78, 5) is 16.4. The van der Waals surface area contributed by atoms with E-state index in [0.717, 1.165) is 5.56 Å². The molecule has 0 bridgehead atoms. The lowest BCUT2D eigenvalue weighted by molar-refractivity contribution is -0.136. The van der Waals surface area contributed by atoms with E-state index in [9.17, 15) is 18.8 Å². The molecule has 1 atom stereocenters. The third-order valence-corrected chi connectivity index (χ3v) is 5.52.